The Balaban J connectivity index is 1.23. The van der Waals surface area contributed by atoms with E-state index in [1.807, 2.05) is 24.3 Å². The van der Waals surface area contributed by atoms with Crippen LogP contribution < -0.4 is 20.7 Å². The lowest BCUT2D eigenvalue weighted by Gasteiger charge is -2.66. The number of nitrogens with zero attached hydrogens (tertiary/aromatic N) is 3. The molecule has 9 heteroatoms. The molecule has 4 saturated carbocycles. The number of hydrogen-bond donors (Lipinski definition) is 3. The third-order valence-electron chi connectivity index (χ3n) is 9.90. The molecule has 4 fully saturated rings. The highest BCUT2D eigenvalue weighted by Gasteiger charge is 2.64. The SMILES string of the molecule is CNC(=O)[C@H]1C[C@H]2C[C@H](C2(C)C)[C@@]1(C)Nc1nc(Nc2ccc(OCCN(C)C3CCCC3)cc2)ncc1Cl. The van der Waals surface area contributed by atoms with Crippen LogP contribution in [0.15, 0.2) is 30.5 Å². The first-order chi connectivity index (χ1) is 18.6. The van der Waals surface area contributed by atoms with Crippen LogP contribution in [-0.4, -0.2) is 59.6 Å². The van der Waals surface area contributed by atoms with E-state index in [2.05, 4.69) is 53.7 Å². The fourth-order valence-electron chi connectivity index (χ4n) is 7.30. The molecule has 1 heterocycles. The number of hydrogen-bond acceptors (Lipinski definition) is 7. The third-order valence-corrected chi connectivity index (χ3v) is 10.2. The van der Waals surface area contributed by atoms with Crippen LogP contribution in [0.4, 0.5) is 17.5 Å². The second-order valence-electron chi connectivity index (χ2n) is 12.4. The molecule has 0 unspecified atom stereocenters. The second-order valence-corrected chi connectivity index (χ2v) is 12.8. The molecule has 8 nitrogen and oxygen atoms in total. The van der Waals surface area contributed by atoms with Crippen molar-refractivity contribution < 1.29 is 9.53 Å². The van der Waals surface area contributed by atoms with E-state index in [-0.39, 0.29) is 17.2 Å². The van der Waals surface area contributed by atoms with E-state index >= 15 is 0 Å². The Bertz CT molecular complexity index is 1170. The maximum absolute atomic E-state index is 12.9. The van der Waals surface area contributed by atoms with Crippen LogP contribution in [0.3, 0.4) is 0 Å². The number of carbonyl (C=O) groups excluding carboxylic acids is 1. The molecule has 2 bridgehead atoms. The summed E-state index contributed by atoms with van der Waals surface area (Å²) >= 11 is 6.57. The summed E-state index contributed by atoms with van der Waals surface area (Å²) in [6, 6.07) is 8.54. The molecule has 6 rings (SSSR count). The Labute approximate surface area is 237 Å². The average molecular weight is 555 g/mol. The summed E-state index contributed by atoms with van der Waals surface area (Å²) in [6.45, 7) is 8.36. The zero-order valence-electron chi connectivity index (χ0n) is 23.9. The number of carbonyl (C=O) groups is 1. The lowest BCUT2D eigenvalue weighted by molar-refractivity contribution is -0.155. The van der Waals surface area contributed by atoms with Crippen molar-refractivity contribution in [2.24, 2.45) is 23.2 Å². The molecule has 1 aromatic heterocycles. The zero-order valence-corrected chi connectivity index (χ0v) is 24.6. The molecule has 1 aromatic carbocycles. The molecule has 0 radical (unpaired) electrons. The minimum atomic E-state index is -0.474. The molecule has 39 heavy (non-hydrogen) atoms. The molecule has 4 aliphatic carbocycles. The van der Waals surface area contributed by atoms with Crippen molar-refractivity contribution in [2.75, 3.05) is 37.9 Å². The van der Waals surface area contributed by atoms with Gasteiger partial charge in [0.1, 0.15) is 17.4 Å². The van der Waals surface area contributed by atoms with E-state index in [9.17, 15) is 4.79 Å². The Hall–Kier alpha value is -2.58. The minimum absolute atomic E-state index is 0.0613. The number of amides is 1. The van der Waals surface area contributed by atoms with Crippen LogP contribution in [0.25, 0.3) is 0 Å². The smallest absolute Gasteiger partial charge is 0.229 e. The van der Waals surface area contributed by atoms with Gasteiger partial charge in [-0.3, -0.25) is 4.79 Å². The number of fused-ring (bicyclic) bond motifs is 2. The van der Waals surface area contributed by atoms with Gasteiger partial charge in [0, 0.05) is 25.3 Å². The molecule has 4 atom stereocenters. The van der Waals surface area contributed by atoms with Crippen molar-refractivity contribution in [3.05, 3.63) is 35.5 Å². The first kappa shape index (κ1) is 28.0. The number of rotatable bonds is 10. The summed E-state index contributed by atoms with van der Waals surface area (Å²) in [5, 5.41) is 10.2. The monoisotopic (exact) mass is 554 g/mol. The fraction of sp³-hybridized carbons (Fsp3) is 0.633. The molecule has 212 valence electrons. The Morgan fingerprint density at radius 2 is 1.87 bits per heavy atom. The Morgan fingerprint density at radius 1 is 1.15 bits per heavy atom. The van der Waals surface area contributed by atoms with Crippen LogP contribution in [0.5, 0.6) is 5.75 Å². The van der Waals surface area contributed by atoms with Gasteiger partial charge in [-0.15, -0.1) is 0 Å². The van der Waals surface area contributed by atoms with Gasteiger partial charge in [-0.2, -0.15) is 4.98 Å². The molecule has 2 aromatic rings. The first-order valence-electron chi connectivity index (χ1n) is 14.3. The summed E-state index contributed by atoms with van der Waals surface area (Å²) < 4.78 is 5.98. The summed E-state index contributed by atoms with van der Waals surface area (Å²) in [5.41, 5.74) is 0.537. The average Bonchev–Trinajstić information content (AvgIpc) is 3.46. The third kappa shape index (κ3) is 5.55. The van der Waals surface area contributed by atoms with Gasteiger partial charge in [-0.05, 0) is 81.2 Å². The number of benzene rings is 1. The van der Waals surface area contributed by atoms with E-state index in [4.69, 9.17) is 21.3 Å². The Kier molecular flexibility index (Phi) is 7.98. The second kappa shape index (κ2) is 11.1. The molecule has 1 amide bonds. The number of halogens is 1. The fourth-order valence-corrected chi connectivity index (χ4v) is 7.44. The maximum atomic E-state index is 12.9. The molecule has 0 saturated heterocycles. The zero-order chi connectivity index (χ0) is 27.8. The van der Waals surface area contributed by atoms with Gasteiger partial charge in [0.05, 0.1) is 17.7 Å². The maximum Gasteiger partial charge on any atom is 0.229 e. The normalized spacial score (nSPS) is 27.6. The number of anilines is 3. The lowest BCUT2D eigenvalue weighted by atomic mass is 9.40. The van der Waals surface area contributed by atoms with E-state index in [1.54, 1.807) is 13.2 Å². The highest BCUT2D eigenvalue weighted by molar-refractivity contribution is 6.32. The van der Waals surface area contributed by atoms with E-state index in [0.717, 1.165) is 30.8 Å². The topological polar surface area (TPSA) is 91.4 Å². The van der Waals surface area contributed by atoms with Gasteiger partial charge in [0.15, 0.2) is 5.82 Å². The summed E-state index contributed by atoms with van der Waals surface area (Å²) in [7, 11) is 3.90. The van der Waals surface area contributed by atoms with Crippen LogP contribution in [-0.2, 0) is 4.79 Å². The Morgan fingerprint density at radius 3 is 2.54 bits per heavy atom. The van der Waals surface area contributed by atoms with Crippen LogP contribution >= 0.6 is 11.6 Å². The van der Waals surface area contributed by atoms with Crippen molar-refractivity contribution in [3.8, 4) is 5.75 Å². The van der Waals surface area contributed by atoms with Crippen LogP contribution in [0, 0.1) is 23.2 Å². The van der Waals surface area contributed by atoms with Crippen molar-refractivity contribution in [3.63, 3.8) is 0 Å². The van der Waals surface area contributed by atoms with Crippen LogP contribution in [0.2, 0.25) is 5.02 Å². The molecule has 3 N–H and O–H groups in total. The van der Waals surface area contributed by atoms with E-state index in [0.29, 0.717) is 41.3 Å². The van der Waals surface area contributed by atoms with E-state index in [1.165, 1.54) is 25.7 Å². The van der Waals surface area contributed by atoms with E-state index < -0.39 is 5.54 Å². The highest BCUT2D eigenvalue weighted by atomic mass is 35.5. The molecule has 4 aliphatic rings. The molecular formula is C30H43ClN6O2. The minimum Gasteiger partial charge on any atom is -0.492 e. The van der Waals surface area contributed by atoms with Crippen molar-refractivity contribution in [1.29, 1.82) is 0 Å². The largest absolute Gasteiger partial charge is 0.492 e. The molecular weight excluding hydrogens is 512 g/mol. The number of ether oxygens (including phenoxy) is 1. The predicted molar refractivity (Wildman–Crippen MR) is 157 cm³/mol. The van der Waals surface area contributed by atoms with Crippen molar-refractivity contribution >= 4 is 35.0 Å². The lowest BCUT2D eigenvalue weighted by Crippen LogP contribution is -2.69. The van der Waals surface area contributed by atoms with Gasteiger partial charge >= 0.3 is 0 Å². The molecule has 0 spiro atoms. The first-order valence-corrected chi connectivity index (χ1v) is 14.7. The molecule has 0 aliphatic heterocycles. The predicted octanol–water partition coefficient (Wildman–Crippen LogP) is 5.73. The summed E-state index contributed by atoms with van der Waals surface area (Å²) in [5.74, 6) is 2.61. The van der Waals surface area contributed by atoms with Crippen LogP contribution in [0.1, 0.15) is 59.3 Å². The summed E-state index contributed by atoms with van der Waals surface area (Å²) in [6.07, 6.45) is 8.84. The van der Waals surface area contributed by atoms with Crippen molar-refractivity contribution in [1.82, 2.24) is 20.2 Å². The quantitative estimate of drug-likeness (QED) is 0.345. The van der Waals surface area contributed by atoms with Gasteiger partial charge < -0.3 is 25.6 Å². The summed E-state index contributed by atoms with van der Waals surface area (Å²) in [4.78, 5) is 24.4. The van der Waals surface area contributed by atoms with Gasteiger partial charge in [-0.1, -0.05) is 38.3 Å². The number of nitrogens with one attached hydrogen (secondary N) is 3. The van der Waals surface area contributed by atoms with Gasteiger partial charge in [0.25, 0.3) is 0 Å². The number of aromatic nitrogens is 2. The van der Waals surface area contributed by atoms with Crippen molar-refractivity contribution in [2.45, 2.75) is 70.9 Å². The van der Waals surface area contributed by atoms with Gasteiger partial charge in [-0.25, -0.2) is 4.98 Å². The standard InChI is InChI=1S/C30H43ClN6O2/c1-29(2)19-16-23(27(38)32-4)30(3,25(29)17-19)36-26-24(31)18-33-28(35-26)34-20-10-12-22(13-11-20)39-15-14-37(5)21-8-6-7-9-21/h10-13,18-19,21,23,25H,6-9,14-17H2,1-5H3,(H,32,38)(H2,33,34,35,36)/t19-,23+,25+,30-/m0/s1. The highest BCUT2D eigenvalue weighted by Crippen LogP contribution is 2.65. The van der Waals surface area contributed by atoms with Gasteiger partial charge in [0.2, 0.25) is 11.9 Å². The number of likely N-dealkylation sites (N-methyl/N-ethyl adjacent to an activating group) is 1.